The zero-order valence-electron chi connectivity index (χ0n) is 14.0. The lowest BCUT2D eigenvalue weighted by atomic mass is 9.97. The second-order valence-corrected chi connectivity index (χ2v) is 5.98. The van der Waals surface area contributed by atoms with Crippen LogP contribution in [0.4, 0.5) is 8.78 Å². The summed E-state index contributed by atoms with van der Waals surface area (Å²) in [6.45, 7) is -0.865. The summed E-state index contributed by atoms with van der Waals surface area (Å²) in [5.41, 5.74) is 2.08. The molecule has 0 saturated heterocycles. The number of benzene rings is 2. The van der Waals surface area contributed by atoms with Crippen LogP contribution in [0.15, 0.2) is 42.5 Å². The molecule has 1 aliphatic rings. The van der Waals surface area contributed by atoms with Gasteiger partial charge in [0.15, 0.2) is 11.5 Å². The van der Waals surface area contributed by atoms with Gasteiger partial charge in [-0.2, -0.15) is 8.78 Å². The molecule has 2 aromatic rings. The fourth-order valence-electron chi connectivity index (χ4n) is 2.96. The van der Waals surface area contributed by atoms with E-state index in [0.29, 0.717) is 24.8 Å². The SMILES string of the molecule is COc1ccc(CNCC2COc3ccccc3C2)cc1OC(F)F. The number of ether oxygens (including phenoxy) is 3. The molecule has 3 rings (SSSR count). The first-order valence-corrected chi connectivity index (χ1v) is 8.19. The van der Waals surface area contributed by atoms with Crippen LogP contribution in [-0.4, -0.2) is 26.9 Å². The maximum atomic E-state index is 12.5. The summed E-state index contributed by atoms with van der Waals surface area (Å²) in [6, 6.07) is 13.1. The smallest absolute Gasteiger partial charge is 0.387 e. The van der Waals surface area contributed by atoms with Gasteiger partial charge in [0, 0.05) is 19.0 Å². The standard InChI is InChI=1S/C19H21F2NO3/c1-23-17-7-6-13(9-18(17)25-19(20)21)10-22-11-14-8-15-4-2-3-5-16(15)24-12-14/h2-7,9,14,19,22H,8,10-12H2,1H3. The maximum absolute atomic E-state index is 12.5. The lowest BCUT2D eigenvalue weighted by Gasteiger charge is -2.25. The molecule has 134 valence electrons. The van der Waals surface area contributed by atoms with Gasteiger partial charge >= 0.3 is 6.61 Å². The van der Waals surface area contributed by atoms with Crippen LogP contribution >= 0.6 is 0 Å². The quantitative estimate of drug-likeness (QED) is 0.828. The summed E-state index contributed by atoms with van der Waals surface area (Å²) in [4.78, 5) is 0. The minimum atomic E-state index is -2.88. The van der Waals surface area contributed by atoms with Crippen molar-refractivity contribution in [3.63, 3.8) is 0 Å². The van der Waals surface area contributed by atoms with Crippen LogP contribution in [0.2, 0.25) is 0 Å². The van der Waals surface area contributed by atoms with Gasteiger partial charge < -0.3 is 19.5 Å². The summed E-state index contributed by atoms with van der Waals surface area (Å²) >= 11 is 0. The molecule has 1 heterocycles. The molecule has 0 fully saturated rings. The minimum Gasteiger partial charge on any atom is -0.493 e. The molecule has 0 amide bonds. The average Bonchev–Trinajstić information content (AvgIpc) is 2.61. The van der Waals surface area contributed by atoms with E-state index < -0.39 is 6.61 Å². The number of rotatable bonds is 7. The largest absolute Gasteiger partial charge is 0.493 e. The van der Waals surface area contributed by atoms with E-state index in [4.69, 9.17) is 9.47 Å². The number of hydrogen-bond donors (Lipinski definition) is 1. The third-order valence-electron chi connectivity index (χ3n) is 4.16. The molecule has 25 heavy (non-hydrogen) atoms. The van der Waals surface area contributed by atoms with Crippen LogP contribution in [0, 0.1) is 5.92 Å². The van der Waals surface area contributed by atoms with Crippen LogP contribution < -0.4 is 19.5 Å². The first kappa shape index (κ1) is 17.5. The highest BCUT2D eigenvalue weighted by Crippen LogP contribution is 2.30. The third kappa shape index (κ3) is 4.60. The van der Waals surface area contributed by atoms with Crippen LogP contribution in [0.25, 0.3) is 0 Å². The molecule has 1 aliphatic heterocycles. The Labute approximate surface area is 145 Å². The van der Waals surface area contributed by atoms with Gasteiger partial charge in [0.2, 0.25) is 0 Å². The fraction of sp³-hybridized carbons (Fsp3) is 0.368. The predicted octanol–water partition coefficient (Wildman–Crippen LogP) is 3.64. The molecule has 1 atom stereocenters. The van der Waals surface area contributed by atoms with Gasteiger partial charge in [-0.3, -0.25) is 0 Å². The number of hydrogen-bond acceptors (Lipinski definition) is 4. The van der Waals surface area contributed by atoms with Crippen molar-refractivity contribution in [3.05, 3.63) is 53.6 Å². The number of alkyl halides is 2. The Bertz CT molecular complexity index is 709. The van der Waals surface area contributed by atoms with Gasteiger partial charge in [0.1, 0.15) is 5.75 Å². The zero-order valence-corrected chi connectivity index (χ0v) is 14.0. The lowest BCUT2D eigenvalue weighted by molar-refractivity contribution is -0.0512. The Balaban J connectivity index is 1.54. The monoisotopic (exact) mass is 349 g/mol. The number of para-hydroxylation sites is 1. The highest BCUT2D eigenvalue weighted by atomic mass is 19.3. The molecule has 0 saturated carbocycles. The Kier molecular flexibility index (Phi) is 5.71. The van der Waals surface area contributed by atoms with Crippen LogP contribution in [0.5, 0.6) is 17.2 Å². The van der Waals surface area contributed by atoms with Gasteiger partial charge in [-0.1, -0.05) is 24.3 Å². The summed E-state index contributed by atoms with van der Waals surface area (Å²) in [6.07, 6.45) is 0.964. The maximum Gasteiger partial charge on any atom is 0.387 e. The van der Waals surface area contributed by atoms with Gasteiger partial charge in [0.05, 0.1) is 13.7 Å². The Hall–Kier alpha value is -2.34. The van der Waals surface area contributed by atoms with Crippen molar-refractivity contribution in [1.29, 1.82) is 0 Å². The predicted molar refractivity (Wildman–Crippen MR) is 90.5 cm³/mol. The van der Waals surface area contributed by atoms with E-state index in [0.717, 1.165) is 24.3 Å². The van der Waals surface area contributed by atoms with Crippen molar-refractivity contribution in [1.82, 2.24) is 5.32 Å². The van der Waals surface area contributed by atoms with E-state index in [1.54, 1.807) is 12.1 Å². The molecule has 0 radical (unpaired) electrons. The van der Waals surface area contributed by atoms with Gasteiger partial charge in [-0.15, -0.1) is 0 Å². The number of halogens is 2. The van der Waals surface area contributed by atoms with E-state index in [9.17, 15) is 8.78 Å². The normalized spacial score (nSPS) is 16.2. The van der Waals surface area contributed by atoms with Crippen molar-refractivity contribution in [2.75, 3.05) is 20.3 Å². The molecular weight excluding hydrogens is 328 g/mol. The average molecular weight is 349 g/mol. The Morgan fingerprint density at radius 2 is 2.04 bits per heavy atom. The van der Waals surface area contributed by atoms with Gasteiger partial charge in [-0.25, -0.2) is 0 Å². The van der Waals surface area contributed by atoms with Crippen LogP contribution in [-0.2, 0) is 13.0 Å². The number of fused-ring (bicyclic) bond motifs is 1. The molecule has 1 N–H and O–H groups in total. The van der Waals surface area contributed by atoms with E-state index >= 15 is 0 Å². The molecule has 0 aromatic heterocycles. The van der Waals surface area contributed by atoms with Crippen molar-refractivity contribution < 1.29 is 23.0 Å². The summed E-state index contributed by atoms with van der Waals surface area (Å²) in [5.74, 6) is 1.68. The Morgan fingerprint density at radius 3 is 2.84 bits per heavy atom. The number of methoxy groups -OCH3 is 1. The summed E-state index contributed by atoms with van der Waals surface area (Å²) in [5, 5.41) is 3.36. The first-order valence-electron chi connectivity index (χ1n) is 8.19. The fourth-order valence-corrected chi connectivity index (χ4v) is 2.96. The summed E-state index contributed by atoms with van der Waals surface area (Å²) in [7, 11) is 1.42. The minimum absolute atomic E-state index is 0.0479. The van der Waals surface area contributed by atoms with Gasteiger partial charge in [-0.05, 0) is 35.7 Å². The molecular formula is C19H21F2NO3. The second-order valence-electron chi connectivity index (χ2n) is 5.98. The zero-order chi connectivity index (χ0) is 17.6. The van der Waals surface area contributed by atoms with E-state index in [1.807, 2.05) is 24.3 Å². The highest BCUT2D eigenvalue weighted by molar-refractivity contribution is 5.43. The second kappa shape index (κ2) is 8.16. The van der Waals surface area contributed by atoms with E-state index in [2.05, 4.69) is 16.1 Å². The molecule has 0 aliphatic carbocycles. The van der Waals surface area contributed by atoms with E-state index in [-0.39, 0.29) is 5.75 Å². The summed E-state index contributed by atoms with van der Waals surface area (Å²) < 4.78 is 40.3. The topological polar surface area (TPSA) is 39.7 Å². The number of nitrogens with one attached hydrogen (secondary N) is 1. The Morgan fingerprint density at radius 1 is 1.20 bits per heavy atom. The van der Waals surface area contributed by atoms with E-state index in [1.165, 1.54) is 12.7 Å². The molecule has 0 bridgehead atoms. The van der Waals surface area contributed by atoms with Crippen LogP contribution in [0.3, 0.4) is 0 Å². The van der Waals surface area contributed by atoms with Crippen molar-refractivity contribution in [3.8, 4) is 17.2 Å². The molecule has 2 aromatic carbocycles. The van der Waals surface area contributed by atoms with Crippen LogP contribution in [0.1, 0.15) is 11.1 Å². The molecule has 0 spiro atoms. The third-order valence-corrected chi connectivity index (χ3v) is 4.16. The molecule has 6 heteroatoms. The van der Waals surface area contributed by atoms with Crippen molar-refractivity contribution in [2.24, 2.45) is 5.92 Å². The van der Waals surface area contributed by atoms with Crippen molar-refractivity contribution >= 4 is 0 Å². The molecule has 1 unspecified atom stereocenters. The highest BCUT2D eigenvalue weighted by Gasteiger charge is 2.19. The van der Waals surface area contributed by atoms with Crippen molar-refractivity contribution in [2.45, 2.75) is 19.6 Å². The van der Waals surface area contributed by atoms with Gasteiger partial charge in [0.25, 0.3) is 0 Å². The molecule has 4 nitrogen and oxygen atoms in total. The lowest BCUT2D eigenvalue weighted by Crippen LogP contribution is -2.31. The first-order chi connectivity index (χ1) is 12.2.